The van der Waals surface area contributed by atoms with E-state index in [1.165, 1.54) is 12.8 Å². The first kappa shape index (κ1) is 25.5. The maximum atomic E-state index is 13.0. The molecule has 2 aliphatic rings. The van der Waals surface area contributed by atoms with Crippen LogP contribution in [0.15, 0.2) is 22.7 Å². The average Bonchev–Trinajstić information content (AvgIpc) is 3.50. The van der Waals surface area contributed by atoms with E-state index in [-0.39, 0.29) is 18.7 Å². The van der Waals surface area contributed by atoms with Crippen LogP contribution in [-0.4, -0.2) is 22.1 Å². The minimum atomic E-state index is -0.925. The maximum Gasteiger partial charge on any atom is 0.304 e. The third kappa shape index (κ3) is 6.14. The van der Waals surface area contributed by atoms with Crippen molar-refractivity contribution >= 4 is 17.6 Å². The van der Waals surface area contributed by atoms with E-state index in [1.807, 2.05) is 32.0 Å². The van der Waals surface area contributed by atoms with Gasteiger partial charge in [0.1, 0.15) is 5.76 Å². The van der Waals surface area contributed by atoms with Crippen LogP contribution in [0.1, 0.15) is 118 Å². The van der Waals surface area contributed by atoms with E-state index < -0.39 is 11.9 Å². The van der Waals surface area contributed by atoms with Crippen LogP contribution in [0.5, 0.6) is 0 Å². The topological polar surface area (TPSA) is 92.4 Å². The Bertz CT molecular complexity index is 1080. The average molecular weight is 481 g/mol. The van der Waals surface area contributed by atoms with Crippen LogP contribution in [0.3, 0.4) is 0 Å². The first-order valence-electron chi connectivity index (χ1n) is 13.1. The monoisotopic (exact) mass is 480 g/mol. The van der Waals surface area contributed by atoms with Crippen molar-refractivity contribution in [3.8, 4) is 0 Å². The molecule has 1 amide bonds. The van der Waals surface area contributed by atoms with Crippen molar-refractivity contribution in [2.24, 2.45) is 11.3 Å². The van der Waals surface area contributed by atoms with Crippen molar-refractivity contribution in [1.82, 2.24) is 5.16 Å². The van der Waals surface area contributed by atoms with Gasteiger partial charge in [-0.25, -0.2) is 0 Å². The molecule has 1 aromatic carbocycles. The molecule has 1 unspecified atom stereocenters. The molecule has 190 valence electrons. The summed E-state index contributed by atoms with van der Waals surface area (Å²) in [5.41, 5.74) is 5.03. The lowest BCUT2D eigenvalue weighted by molar-refractivity contribution is -0.137. The third-order valence-electron chi connectivity index (χ3n) is 8.07. The van der Waals surface area contributed by atoms with Gasteiger partial charge < -0.3 is 14.9 Å². The number of aryl methyl sites for hydroxylation is 2. The van der Waals surface area contributed by atoms with E-state index >= 15 is 0 Å². The Morgan fingerprint density at radius 1 is 1.17 bits per heavy atom. The van der Waals surface area contributed by atoms with Gasteiger partial charge in [-0.1, -0.05) is 50.0 Å². The second-order valence-electron chi connectivity index (χ2n) is 11.7. The molecule has 1 heterocycles. The SMILES string of the molecule is CCC(C)(C)CC1CC(c2onc(C(CC(=O)O)CC(=O)Nc3ccc(C)cc3C)c2C2CC2)C1. The molecular formula is C29H40N2O4. The van der Waals surface area contributed by atoms with Crippen molar-refractivity contribution < 1.29 is 19.2 Å². The van der Waals surface area contributed by atoms with E-state index in [2.05, 4.69) is 31.2 Å². The molecule has 35 heavy (non-hydrogen) atoms. The Morgan fingerprint density at radius 3 is 2.49 bits per heavy atom. The summed E-state index contributed by atoms with van der Waals surface area (Å²) in [6.07, 6.45) is 6.70. The van der Waals surface area contributed by atoms with Crippen LogP contribution in [0.25, 0.3) is 0 Å². The predicted octanol–water partition coefficient (Wildman–Crippen LogP) is 7.08. The number of hydrogen-bond acceptors (Lipinski definition) is 4. The van der Waals surface area contributed by atoms with Crippen LogP contribution in [-0.2, 0) is 9.59 Å². The number of hydrogen-bond donors (Lipinski definition) is 2. The summed E-state index contributed by atoms with van der Waals surface area (Å²) in [6.45, 7) is 10.9. The van der Waals surface area contributed by atoms with Gasteiger partial charge in [-0.3, -0.25) is 9.59 Å². The zero-order valence-corrected chi connectivity index (χ0v) is 21.8. The Balaban J connectivity index is 1.50. The summed E-state index contributed by atoms with van der Waals surface area (Å²) < 4.78 is 5.93. The number of carboxylic acids is 1. The van der Waals surface area contributed by atoms with E-state index in [0.29, 0.717) is 28.9 Å². The van der Waals surface area contributed by atoms with Crippen molar-refractivity contribution in [1.29, 1.82) is 0 Å². The molecule has 2 aliphatic carbocycles. The number of carbonyl (C=O) groups excluding carboxylic acids is 1. The van der Waals surface area contributed by atoms with Crippen LogP contribution in [0.2, 0.25) is 0 Å². The molecule has 0 aliphatic heterocycles. The highest BCUT2D eigenvalue weighted by Crippen LogP contribution is 2.53. The summed E-state index contributed by atoms with van der Waals surface area (Å²) in [7, 11) is 0. The number of amides is 1. The third-order valence-corrected chi connectivity index (χ3v) is 8.07. The second-order valence-corrected chi connectivity index (χ2v) is 11.7. The van der Waals surface area contributed by atoms with Gasteiger partial charge in [0.05, 0.1) is 12.1 Å². The number of benzene rings is 1. The van der Waals surface area contributed by atoms with Gasteiger partial charge in [-0.15, -0.1) is 0 Å². The van der Waals surface area contributed by atoms with Crippen LogP contribution >= 0.6 is 0 Å². The fourth-order valence-electron chi connectivity index (χ4n) is 5.59. The number of aromatic nitrogens is 1. The van der Waals surface area contributed by atoms with Gasteiger partial charge in [-0.2, -0.15) is 0 Å². The fraction of sp³-hybridized carbons (Fsp3) is 0.621. The van der Waals surface area contributed by atoms with Gasteiger partial charge in [0.15, 0.2) is 0 Å². The van der Waals surface area contributed by atoms with Crippen molar-refractivity contribution in [2.45, 2.75) is 104 Å². The lowest BCUT2D eigenvalue weighted by atomic mass is 9.66. The molecule has 6 heteroatoms. The molecule has 6 nitrogen and oxygen atoms in total. The van der Waals surface area contributed by atoms with E-state index in [4.69, 9.17) is 4.52 Å². The minimum absolute atomic E-state index is 0.0727. The molecule has 0 spiro atoms. The first-order chi connectivity index (χ1) is 16.6. The Labute approximate surface area is 208 Å². The largest absolute Gasteiger partial charge is 0.481 e. The molecule has 0 saturated heterocycles. The summed E-state index contributed by atoms with van der Waals surface area (Å²) in [4.78, 5) is 24.7. The number of anilines is 1. The first-order valence-corrected chi connectivity index (χ1v) is 13.1. The van der Waals surface area contributed by atoms with Gasteiger partial charge in [0.25, 0.3) is 0 Å². The lowest BCUT2D eigenvalue weighted by Crippen LogP contribution is -2.27. The number of rotatable bonds is 11. The zero-order chi connectivity index (χ0) is 25.3. The fourth-order valence-corrected chi connectivity index (χ4v) is 5.59. The standard InChI is InChI=1S/C29H40N2O4/c1-6-29(4,5)16-19-12-22(13-19)28-26(20-8-9-20)27(31-35-28)21(15-25(33)34)14-24(32)30-23-10-7-17(2)11-18(23)3/h7,10-11,19-22H,6,8-9,12-16H2,1-5H3,(H,30,32)(H,33,34). The van der Waals surface area contributed by atoms with Gasteiger partial charge in [0, 0.05) is 29.5 Å². The summed E-state index contributed by atoms with van der Waals surface area (Å²) in [5, 5.41) is 17.0. The summed E-state index contributed by atoms with van der Waals surface area (Å²) in [6, 6.07) is 5.87. The number of aliphatic carboxylic acids is 1. The smallest absolute Gasteiger partial charge is 0.304 e. The lowest BCUT2D eigenvalue weighted by Gasteiger charge is -2.39. The molecular weight excluding hydrogens is 440 g/mol. The molecule has 2 fully saturated rings. The van der Waals surface area contributed by atoms with E-state index in [0.717, 1.165) is 53.8 Å². The van der Waals surface area contributed by atoms with Gasteiger partial charge >= 0.3 is 5.97 Å². The summed E-state index contributed by atoms with van der Waals surface area (Å²) in [5.74, 6) is 0.787. The van der Waals surface area contributed by atoms with Crippen molar-refractivity contribution in [2.75, 3.05) is 5.32 Å². The van der Waals surface area contributed by atoms with Crippen molar-refractivity contribution in [3.63, 3.8) is 0 Å². The van der Waals surface area contributed by atoms with Crippen LogP contribution in [0.4, 0.5) is 5.69 Å². The summed E-state index contributed by atoms with van der Waals surface area (Å²) >= 11 is 0. The molecule has 2 N–H and O–H groups in total. The highest BCUT2D eigenvalue weighted by Gasteiger charge is 2.42. The Kier molecular flexibility index (Phi) is 7.39. The minimum Gasteiger partial charge on any atom is -0.481 e. The Morgan fingerprint density at radius 2 is 1.89 bits per heavy atom. The second kappa shape index (κ2) is 10.2. The highest BCUT2D eigenvalue weighted by molar-refractivity contribution is 5.92. The quantitative estimate of drug-likeness (QED) is 0.359. The van der Waals surface area contributed by atoms with Gasteiger partial charge in [0.2, 0.25) is 5.91 Å². The number of carbonyl (C=O) groups is 2. The van der Waals surface area contributed by atoms with E-state index in [1.54, 1.807) is 0 Å². The number of nitrogens with zero attached hydrogens (tertiary/aromatic N) is 1. The molecule has 0 bridgehead atoms. The highest BCUT2D eigenvalue weighted by atomic mass is 16.5. The maximum absolute atomic E-state index is 13.0. The molecule has 2 saturated carbocycles. The Hall–Kier alpha value is -2.63. The molecule has 4 rings (SSSR count). The predicted molar refractivity (Wildman–Crippen MR) is 137 cm³/mol. The molecule has 1 atom stereocenters. The molecule has 2 aromatic rings. The number of carboxylic acid groups (broad SMARTS) is 1. The normalized spacial score (nSPS) is 20.8. The zero-order valence-electron chi connectivity index (χ0n) is 21.8. The van der Waals surface area contributed by atoms with E-state index in [9.17, 15) is 14.7 Å². The molecule has 1 aromatic heterocycles. The van der Waals surface area contributed by atoms with Gasteiger partial charge in [-0.05, 0) is 74.8 Å². The molecule has 0 radical (unpaired) electrons. The number of nitrogens with one attached hydrogen (secondary N) is 1. The van der Waals surface area contributed by atoms with Crippen molar-refractivity contribution in [3.05, 3.63) is 46.3 Å². The van der Waals surface area contributed by atoms with Crippen LogP contribution in [0, 0.1) is 25.2 Å². The van der Waals surface area contributed by atoms with Crippen LogP contribution < -0.4 is 5.32 Å².